The van der Waals surface area contributed by atoms with Crippen molar-refractivity contribution in [1.82, 2.24) is 4.90 Å². The number of carbonyl (C=O) groups excluding carboxylic acids is 2. The molecule has 182 valence electrons. The van der Waals surface area contributed by atoms with Gasteiger partial charge in [0.2, 0.25) is 0 Å². The van der Waals surface area contributed by atoms with Crippen LogP contribution < -0.4 is 61.6 Å². The molecule has 4 rings (SSSR count). The molecule has 0 spiro atoms. The minimum atomic E-state index is -0.878. The van der Waals surface area contributed by atoms with E-state index >= 15 is 0 Å². The molecule has 0 aliphatic carbocycles. The standard InChI is InChI=1S/C28H29N3O4.K.H/c1-19-8-3-4-9-22(19)27(34)29-21-15-13-20(14-16-21)28(35)31-17-7-12-24(30(2)18-26(32)33)23-10-5-6-11-25(23)31;;/h3-6,8-11,13-16,24H,7,12,17-18H2,1-2H3,(H,29,34)(H,32,33);;/q;+1;-1. The van der Waals surface area contributed by atoms with Crippen LogP contribution in [-0.4, -0.2) is 47.9 Å². The molecule has 1 aliphatic heterocycles. The summed E-state index contributed by atoms with van der Waals surface area (Å²) in [6.07, 6.45) is 1.51. The summed E-state index contributed by atoms with van der Waals surface area (Å²) in [7, 11) is 1.80. The first-order valence-corrected chi connectivity index (χ1v) is 11.6. The molecule has 3 aromatic rings. The Balaban J connectivity index is 0.00000241. The second-order valence-electron chi connectivity index (χ2n) is 8.83. The van der Waals surface area contributed by atoms with Gasteiger partial charge in [-0.15, -0.1) is 0 Å². The fraction of sp³-hybridized carbons (Fsp3) is 0.250. The number of carboxylic acids is 1. The van der Waals surface area contributed by atoms with Gasteiger partial charge in [0.25, 0.3) is 11.8 Å². The van der Waals surface area contributed by atoms with Gasteiger partial charge in [-0.1, -0.05) is 36.4 Å². The maximum Gasteiger partial charge on any atom is 1.00 e. The monoisotopic (exact) mass is 511 g/mol. The van der Waals surface area contributed by atoms with E-state index in [2.05, 4.69) is 5.32 Å². The van der Waals surface area contributed by atoms with Gasteiger partial charge in [-0.25, -0.2) is 0 Å². The minimum Gasteiger partial charge on any atom is -1.00 e. The largest absolute Gasteiger partial charge is 1.00 e. The molecule has 1 atom stereocenters. The van der Waals surface area contributed by atoms with E-state index in [4.69, 9.17) is 0 Å². The summed E-state index contributed by atoms with van der Waals surface area (Å²) in [4.78, 5) is 41.0. The van der Waals surface area contributed by atoms with Crippen molar-refractivity contribution in [3.63, 3.8) is 0 Å². The number of likely N-dealkylation sites (N-methyl/N-ethyl adjacent to an activating group) is 1. The van der Waals surface area contributed by atoms with Crippen LogP contribution in [0.15, 0.2) is 72.8 Å². The van der Waals surface area contributed by atoms with E-state index in [1.807, 2.05) is 54.3 Å². The van der Waals surface area contributed by atoms with Crippen molar-refractivity contribution >= 4 is 29.2 Å². The predicted octanol–water partition coefficient (Wildman–Crippen LogP) is 1.86. The summed E-state index contributed by atoms with van der Waals surface area (Å²) in [5.74, 6) is -1.20. The number of aryl methyl sites for hydroxylation is 1. The van der Waals surface area contributed by atoms with Gasteiger partial charge in [-0.3, -0.25) is 19.3 Å². The zero-order valence-electron chi connectivity index (χ0n) is 21.9. The van der Waals surface area contributed by atoms with Crippen LogP contribution in [0.3, 0.4) is 0 Å². The average molecular weight is 512 g/mol. The van der Waals surface area contributed by atoms with Crippen LogP contribution in [0.25, 0.3) is 0 Å². The van der Waals surface area contributed by atoms with Crippen molar-refractivity contribution in [1.29, 1.82) is 0 Å². The van der Waals surface area contributed by atoms with E-state index in [1.54, 1.807) is 42.3 Å². The van der Waals surface area contributed by atoms with Crippen molar-refractivity contribution in [3.8, 4) is 0 Å². The van der Waals surface area contributed by atoms with Crippen LogP contribution in [0, 0.1) is 6.92 Å². The van der Waals surface area contributed by atoms with Gasteiger partial charge >= 0.3 is 57.4 Å². The Bertz CT molecular complexity index is 1250. The maximum absolute atomic E-state index is 13.5. The molecule has 2 N–H and O–H groups in total. The van der Waals surface area contributed by atoms with Gasteiger partial charge in [0.15, 0.2) is 0 Å². The van der Waals surface area contributed by atoms with Crippen LogP contribution in [0.1, 0.15) is 52.2 Å². The third kappa shape index (κ3) is 6.50. The molecule has 1 unspecified atom stereocenters. The minimum absolute atomic E-state index is 0. The molecule has 3 aromatic carbocycles. The number of aliphatic carboxylic acids is 1. The van der Waals surface area contributed by atoms with Gasteiger partial charge in [0.1, 0.15) is 0 Å². The first-order valence-electron chi connectivity index (χ1n) is 11.6. The Kier molecular flexibility index (Phi) is 10.0. The zero-order chi connectivity index (χ0) is 24.9. The van der Waals surface area contributed by atoms with Crippen LogP contribution in [0.5, 0.6) is 0 Å². The van der Waals surface area contributed by atoms with Crippen LogP contribution in [-0.2, 0) is 4.79 Å². The third-order valence-corrected chi connectivity index (χ3v) is 6.39. The number of fused-ring (bicyclic) bond motifs is 1. The number of carboxylic acid groups (broad SMARTS) is 1. The van der Waals surface area contributed by atoms with Crippen molar-refractivity contribution in [3.05, 3.63) is 95.1 Å². The first kappa shape index (κ1) is 28.2. The van der Waals surface area contributed by atoms with E-state index in [0.717, 1.165) is 29.7 Å². The SMILES string of the molecule is Cc1ccccc1C(=O)Nc1ccc(C(=O)N2CCCC(N(C)CC(=O)O)c3ccccc32)cc1.[H-].[K+]. The number of nitrogens with one attached hydrogen (secondary N) is 1. The molecular formula is C28H30KN3O4. The topological polar surface area (TPSA) is 90.0 Å². The Labute approximate surface area is 255 Å². The molecule has 2 amide bonds. The third-order valence-electron chi connectivity index (χ3n) is 6.39. The normalized spacial score (nSPS) is 14.9. The Morgan fingerprint density at radius 1 is 1.03 bits per heavy atom. The van der Waals surface area contributed by atoms with Crippen molar-refractivity contribution in [2.24, 2.45) is 0 Å². The molecule has 0 aromatic heterocycles. The van der Waals surface area contributed by atoms with Gasteiger partial charge < -0.3 is 16.7 Å². The number of benzene rings is 3. The predicted molar refractivity (Wildman–Crippen MR) is 137 cm³/mol. The summed E-state index contributed by atoms with van der Waals surface area (Å²) < 4.78 is 0. The molecule has 0 saturated carbocycles. The number of amides is 2. The summed E-state index contributed by atoms with van der Waals surface area (Å²) in [6.45, 7) is 2.36. The second-order valence-corrected chi connectivity index (χ2v) is 8.83. The first-order chi connectivity index (χ1) is 16.8. The molecule has 7 nitrogen and oxygen atoms in total. The molecule has 0 fully saturated rings. The van der Waals surface area contributed by atoms with Crippen LogP contribution >= 0.6 is 0 Å². The van der Waals surface area contributed by atoms with Gasteiger partial charge in [-0.05, 0) is 74.3 Å². The maximum atomic E-state index is 13.5. The van der Waals surface area contributed by atoms with E-state index in [-0.39, 0.29) is 77.2 Å². The zero-order valence-corrected chi connectivity index (χ0v) is 24.0. The quantitative estimate of drug-likeness (QED) is 0.493. The van der Waals surface area contributed by atoms with E-state index in [0.29, 0.717) is 23.4 Å². The molecule has 8 heteroatoms. The van der Waals surface area contributed by atoms with E-state index in [1.165, 1.54) is 0 Å². The van der Waals surface area contributed by atoms with Gasteiger partial charge in [-0.2, -0.15) is 0 Å². The molecule has 1 heterocycles. The number of rotatable bonds is 6. The van der Waals surface area contributed by atoms with Crippen LogP contribution in [0.2, 0.25) is 0 Å². The second kappa shape index (κ2) is 12.8. The number of carbonyl (C=O) groups is 3. The van der Waals surface area contributed by atoms with Crippen molar-refractivity contribution < 1.29 is 72.3 Å². The smallest absolute Gasteiger partial charge is 1.00 e. The number of nitrogens with zero attached hydrogens (tertiary/aromatic N) is 2. The van der Waals surface area contributed by atoms with Gasteiger partial charge in [0.05, 0.1) is 6.54 Å². The number of anilines is 2. The number of para-hydroxylation sites is 1. The Hall–Kier alpha value is -2.33. The summed E-state index contributed by atoms with van der Waals surface area (Å²) in [5, 5.41) is 12.1. The molecular weight excluding hydrogens is 481 g/mol. The summed E-state index contributed by atoms with van der Waals surface area (Å²) >= 11 is 0. The van der Waals surface area contributed by atoms with E-state index < -0.39 is 5.97 Å². The van der Waals surface area contributed by atoms with E-state index in [9.17, 15) is 19.5 Å². The van der Waals surface area contributed by atoms with Gasteiger partial charge in [0, 0.05) is 35.1 Å². The molecule has 0 bridgehead atoms. The summed E-state index contributed by atoms with van der Waals surface area (Å²) in [6, 6.07) is 21.9. The Morgan fingerprint density at radius 3 is 2.39 bits per heavy atom. The average Bonchev–Trinajstić information content (AvgIpc) is 3.04. The Morgan fingerprint density at radius 2 is 1.69 bits per heavy atom. The fourth-order valence-corrected chi connectivity index (χ4v) is 4.60. The molecule has 1 aliphatic rings. The van der Waals surface area contributed by atoms with Crippen LogP contribution in [0.4, 0.5) is 11.4 Å². The molecule has 0 radical (unpaired) electrons. The van der Waals surface area contributed by atoms with Crippen molar-refractivity contribution in [2.45, 2.75) is 25.8 Å². The molecule has 0 saturated heterocycles. The number of hydrogen-bond acceptors (Lipinski definition) is 4. The fourth-order valence-electron chi connectivity index (χ4n) is 4.60. The van der Waals surface area contributed by atoms with Crippen molar-refractivity contribution in [2.75, 3.05) is 30.4 Å². The summed E-state index contributed by atoms with van der Waals surface area (Å²) in [5.41, 5.74) is 4.38. The number of hydrogen-bond donors (Lipinski definition) is 2. The molecule has 36 heavy (non-hydrogen) atoms.